The van der Waals surface area contributed by atoms with E-state index in [1.165, 1.54) is 0 Å². The maximum absolute atomic E-state index is 11.4. The molecular formula is C12H19N3O3. The quantitative estimate of drug-likeness (QED) is 0.708. The number of carbonyl (C=O) groups is 1. The number of aliphatic hydroxyl groups excluding tert-OH is 1. The summed E-state index contributed by atoms with van der Waals surface area (Å²) in [6.45, 7) is 5.43. The first-order valence-electron chi connectivity index (χ1n) is 5.71. The van der Waals surface area contributed by atoms with Crippen LogP contribution in [0.3, 0.4) is 0 Å². The fourth-order valence-electron chi connectivity index (χ4n) is 1.25. The summed E-state index contributed by atoms with van der Waals surface area (Å²) in [6, 6.07) is 3.54. The van der Waals surface area contributed by atoms with Gasteiger partial charge in [-0.25, -0.2) is 15.2 Å². The number of nitrogens with one attached hydrogen (secondary N) is 2. The van der Waals surface area contributed by atoms with Gasteiger partial charge in [-0.15, -0.1) is 0 Å². The maximum Gasteiger partial charge on any atom is 0.426 e. The van der Waals surface area contributed by atoms with Crippen molar-refractivity contribution in [2.24, 2.45) is 0 Å². The number of rotatable bonds is 4. The molecule has 0 aliphatic carbocycles. The number of aromatic nitrogens is 1. The van der Waals surface area contributed by atoms with Gasteiger partial charge in [0.25, 0.3) is 0 Å². The Labute approximate surface area is 106 Å². The predicted octanol–water partition coefficient (Wildman–Crippen LogP) is 1.47. The van der Waals surface area contributed by atoms with E-state index in [2.05, 4.69) is 15.8 Å². The fourth-order valence-corrected chi connectivity index (χ4v) is 1.25. The Kier molecular flexibility index (Phi) is 4.91. The minimum absolute atomic E-state index is 0.0724. The molecule has 0 saturated carbocycles. The lowest BCUT2D eigenvalue weighted by Crippen LogP contribution is -2.36. The van der Waals surface area contributed by atoms with Crippen molar-refractivity contribution < 1.29 is 14.6 Å². The van der Waals surface area contributed by atoms with Crippen molar-refractivity contribution in [2.75, 3.05) is 12.0 Å². The number of anilines is 1. The average molecular weight is 253 g/mol. The minimum atomic E-state index is -0.572. The third-order valence-corrected chi connectivity index (χ3v) is 1.92. The number of carbonyl (C=O) groups excluding carboxylic acids is 1. The third-order valence-electron chi connectivity index (χ3n) is 1.92. The topological polar surface area (TPSA) is 83.5 Å². The molecular weight excluding hydrogens is 234 g/mol. The van der Waals surface area contributed by atoms with E-state index >= 15 is 0 Å². The first kappa shape index (κ1) is 14.2. The number of ether oxygens (including phenoxy) is 1. The normalized spacial score (nSPS) is 10.9. The first-order valence-corrected chi connectivity index (χ1v) is 5.71. The lowest BCUT2D eigenvalue weighted by molar-refractivity contribution is 0.0541. The molecule has 1 rings (SSSR count). The molecule has 0 atom stereocenters. The number of amides is 1. The van der Waals surface area contributed by atoms with Gasteiger partial charge in [-0.2, -0.15) is 0 Å². The van der Waals surface area contributed by atoms with Crippen molar-refractivity contribution in [1.29, 1.82) is 0 Å². The molecule has 0 spiro atoms. The van der Waals surface area contributed by atoms with E-state index in [4.69, 9.17) is 9.84 Å². The SMILES string of the molecule is CC(C)(C)OC(=O)NNc1cc(CCO)ccn1. The Morgan fingerprint density at radius 1 is 1.50 bits per heavy atom. The monoisotopic (exact) mass is 253 g/mol. The lowest BCUT2D eigenvalue weighted by Gasteiger charge is -2.19. The molecule has 6 nitrogen and oxygen atoms in total. The molecule has 18 heavy (non-hydrogen) atoms. The molecule has 0 unspecified atom stereocenters. The summed E-state index contributed by atoms with van der Waals surface area (Å²) in [5.74, 6) is 0.492. The highest BCUT2D eigenvalue weighted by Gasteiger charge is 2.15. The summed E-state index contributed by atoms with van der Waals surface area (Å²) in [6.07, 6.45) is 1.57. The average Bonchev–Trinajstić information content (AvgIpc) is 2.25. The summed E-state index contributed by atoms with van der Waals surface area (Å²) in [4.78, 5) is 15.4. The van der Waals surface area contributed by atoms with Gasteiger partial charge >= 0.3 is 6.09 Å². The summed E-state index contributed by atoms with van der Waals surface area (Å²) < 4.78 is 5.06. The highest BCUT2D eigenvalue weighted by Crippen LogP contribution is 2.08. The molecule has 0 aromatic carbocycles. The van der Waals surface area contributed by atoms with Gasteiger partial charge in [0.2, 0.25) is 0 Å². The van der Waals surface area contributed by atoms with Crippen LogP contribution in [0.5, 0.6) is 0 Å². The van der Waals surface area contributed by atoms with Crippen LogP contribution in [0.15, 0.2) is 18.3 Å². The number of pyridine rings is 1. The predicted molar refractivity (Wildman–Crippen MR) is 68.0 cm³/mol. The fraction of sp³-hybridized carbons (Fsp3) is 0.500. The summed E-state index contributed by atoms with van der Waals surface area (Å²) in [7, 11) is 0. The maximum atomic E-state index is 11.4. The van der Waals surface area contributed by atoms with Gasteiger partial charge in [0, 0.05) is 12.8 Å². The van der Waals surface area contributed by atoms with Crippen LogP contribution in [0.4, 0.5) is 10.6 Å². The van der Waals surface area contributed by atoms with Crippen molar-refractivity contribution in [2.45, 2.75) is 32.8 Å². The van der Waals surface area contributed by atoms with E-state index in [-0.39, 0.29) is 6.61 Å². The van der Waals surface area contributed by atoms with Gasteiger partial charge < -0.3 is 9.84 Å². The third kappa shape index (κ3) is 5.49. The van der Waals surface area contributed by atoms with Gasteiger partial charge in [-0.3, -0.25) is 5.43 Å². The van der Waals surface area contributed by atoms with Gasteiger partial charge in [0.05, 0.1) is 0 Å². The Morgan fingerprint density at radius 2 is 2.22 bits per heavy atom. The molecule has 1 heterocycles. The number of hydrogen-bond acceptors (Lipinski definition) is 5. The van der Waals surface area contributed by atoms with Crippen LogP contribution in [0, 0.1) is 0 Å². The van der Waals surface area contributed by atoms with Crippen molar-refractivity contribution >= 4 is 11.9 Å². The second kappa shape index (κ2) is 6.20. The second-order valence-corrected chi connectivity index (χ2v) is 4.77. The van der Waals surface area contributed by atoms with E-state index in [1.54, 1.807) is 39.1 Å². The number of nitrogens with zero attached hydrogens (tertiary/aromatic N) is 1. The number of aliphatic hydroxyl groups is 1. The smallest absolute Gasteiger partial charge is 0.426 e. The largest absolute Gasteiger partial charge is 0.443 e. The second-order valence-electron chi connectivity index (χ2n) is 4.77. The van der Waals surface area contributed by atoms with Crippen LogP contribution < -0.4 is 10.9 Å². The standard InChI is InChI=1S/C12H19N3O3/c1-12(2,3)18-11(17)15-14-10-8-9(5-7-16)4-6-13-10/h4,6,8,16H,5,7H2,1-3H3,(H,13,14)(H,15,17). The molecule has 0 aliphatic rings. The van der Waals surface area contributed by atoms with E-state index in [0.29, 0.717) is 12.2 Å². The van der Waals surface area contributed by atoms with Gasteiger partial charge in [0.1, 0.15) is 11.4 Å². The highest BCUT2D eigenvalue weighted by atomic mass is 16.6. The Balaban J connectivity index is 2.48. The molecule has 1 aromatic heterocycles. The number of hydrogen-bond donors (Lipinski definition) is 3. The van der Waals surface area contributed by atoms with Gasteiger partial charge in [-0.1, -0.05) is 0 Å². The van der Waals surface area contributed by atoms with Gasteiger partial charge in [-0.05, 0) is 44.9 Å². The number of hydrazine groups is 1. The Hall–Kier alpha value is -1.82. The van der Waals surface area contributed by atoms with Crippen molar-refractivity contribution in [3.05, 3.63) is 23.9 Å². The van der Waals surface area contributed by atoms with Crippen molar-refractivity contribution in [3.63, 3.8) is 0 Å². The minimum Gasteiger partial charge on any atom is -0.443 e. The molecule has 0 saturated heterocycles. The molecule has 0 aliphatic heterocycles. The zero-order chi connectivity index (χ0) is 13.6. The van der Waals surface area contributed by atoms with Crippen LogP contribution in [-0.2, 0) is 11.2 Å². The summed E-state index contributed by atoms with van der Waals surface area (Å²) in [5, 5.41) is 8.83. The zero-order valence-electron chi connectivity index (χ0n) is 10.9. The Bertz CT molecular complexity index is 402. The summed E-state index contributed by atoms with van der Waals surface area (Å²) in [5.41, 5.74) is 5.42. The molecule has 0 radical (unpaired) electrons. The van der Waals surface area contributed by atoms with Crippen LogP contribution in [0.1, 0.15) is 26.3 Å². The lowest BCUT2D eigenvalue weighted by atomic mass is 10.2. The van der Waals surface area contributed by atoms with Crippen molar-refractivity contribution in [3.8, 4) is 0 Å². The molecule has 3 N–H and O–H groups in total. The van der Waals surface area contributed by atoms with E-state index in [9.17, 15) is 4.79 Å². The zero-order valence-corrected chi connectivity index (χ0v) is 10.9. The Morgan fingerprint density at radius 3 is 2.83 bits per heavy atom. The highest BCUT2D eigenvalue weighted by molar-refractivity contribution is 5.69. The van der Waals surface area contributed by atoms with E-state index in [1.807, 2.05) is 0 Å². The first-order chi connectivity index (χ1) is 8.40. The van der Waals surface area contributed by atoms with Crippen LogP contribution >= 0.6 is 0 Å². The van der Waals surface area contributed by atoms with Crippen LogP contribution in [0.25, 0.3) is 0 Å². The van der Waals surface area contributed by atoms with E-state index < -0.39 is 11.7 Å². The van der Waals surface area contributed by atoms with Crippen molar-refractivity contribution in [1.82, 2.24) is 10.4 Å². The molecule has 100 valence electrons. The van der Waals surface area contributed by atoms with Crippen LogP contribution in [0.2, 0.25) is 0 Å². The van der Waals surface area contributed by atoms with Crippen LogP contribution in [-0.4, -0.2) is 28.4 Å². The molecule has 0 bridgehead atoms. The molecule has 6 heteroatoms. The molecule has 0 fully saturated rings. The van der Waals surface area contributed by atoms with E-state index in [0.717, 1.165) is 5.56 Å². The summed E-state index contributed by atoms with van der Waals surface area (Å²) >= 11 is 0. The molecule has 1 aromatic rings. The molecule has 1 amide bonds. The van der Waals surface area contributed by atoms with Gasteiger partial charge in [0.15, 0.2) is 0 Å².